The molecule has 0 aromatic heterocycles. The van der Waals surface area contributed by atoms with E-state index in [1.54, 1.807) is 0 Å². The Labute approximate surface area is 239 Å². The molecule has 0 aliphatic rings. The summed E-state index contributed by atoms with van der Waals surface area (Å²) in [6.07, 6.45) is -0.613. The van der Waals surface area contributed by atoms with Crippen LogP contribution >= 0.6 is 25.3 Å². The molecule has 20 heteroatoms. The van der Waals surface area contributed by atoms with Gasteiger partial charge in [-0.3, -0.25) is 38.6 Å². The molecule has 0 bridgehead atoms. The van der Waals surface area contributed by atoms with Crippen LogP contribution in [0.2, 0.25) is 0 Å². The van der Waals surface area contributed by atoms with Gasteiger partial charge in [-0.2, -0.15) is 25.3 Å². The van der Waals surface area contributed by atoms with Gasteiger partial charge in [0, 0.05) is 18.1 Å². The lowest BCUT2D eigenvalue weighted by Crippen LogP contribution is -2.56. The summed E-state index contributed by atoms with van der Waals surface area (Å²) in [5.74, 6) is -7.55. The predicted molar refractivity (Wildman–Crippen MR) is 147 cm³/mol. The van der Waals surface area contributed by atoms with Crippen molar-refractivity contribution in [3.05, 3.63) is 0 Å². The standard InChI is InChI=1S/C20H35N9O9S2/c21-9(7-39)16(35)28-11(4-14(31)32)17(36)25-5-13(30)27-10(2-1-3-24-20(22)23)19(38)29-12(8-40)18(37)26-6-15(33)34/h9-12,39-40H,1-8,21H2,(H,25,36)(H,26,37)(H,27,30)(H,28,35)(H,29,38)(H,31,32)(H,33,34)(H4,22,23,24)/t9-,10-,11+,12-/m0/s1. The van der Waals surface area contributed by atoms with Crippen LogP contribution in [-0.2, 0) is 33.6 Å². The summed E-state index contributed by atoms with van der Waals surface area (Å²) in [6, 6.07) is -5.16. The van der Waals surface area contributed by atoms with Crippen LogP contribution in [0.25, 0.3) is 0 Å². The molecule has 0 saturated carbocycles. The van der Waals surface area contributed by atoms with Gasteiger partial charge in [0.15, 0.2) is 5.96 Å². The first-order valence-corrected chi connectivity index (χ1v) is 12.9. The Balaban J connectivity index is 5.37. The summed E-state index contributed by atoms with van der Waals surface area (Å²) in [5, 5.41) is 28.9. The molecule has 4 atom stereocenters. The topological polar surface area (TPSA) is 311 Å². The molecule has 18 nitrogen and oxygen atoms in total. The number of nitrogens with zero attached hydrogens (tertiary/aromatic N) is 1. The van der Waals surface area contributed by atoms with E-state index < -0.39 is 85.2 Å². The molecule has 0 fully saturated rings. The zero-order chi connectivity index (χ0) is 30.8. The van der Waals surface area contributed by atoms with E-state index in [0.717, 1.165) is 0 Å². The monoisotopic (exact) mass is 609 g/mol. The van der Waals surface area contributed by atoms with E-state index in [9.17, 15) is 33.6 Å². The van der Waals surface area contributed by atoms with Gasteiger partial charge in [-0.05, 0) is 12.8 Å². The van der Waals surface area contributed by atoms with Gasteiger partial charge in [-0.25, -0.2) is 0 Å². The first-order chi connectivity index (χ1) is 18.7. The molecular formula is C20H35N9O9S2. The number of hydrogen-bond acceptors (Lipinski definition) is 11. The number of nitrogens with two attached hydrogens (primary N) is 3. The first kappa shape index (κ1) is 36.2. The molecule has 0 saturated heterocycles. The summed E-state index contributed by atoms with van der Waals surface area (Å²) in [6.45, 7) is -1.31. The fraction of sp³-hybridized carbons (Fsp3) is 0.600. The molecule has 226 valence electrons. The molecule has 0 heterocycles. The second-order valence-corrected chi connectivity index (χ2v) is 8.82. The molecule has 5 amide bonds. The van der Waals surface area contributed by atoms with Gasteiger partial charge < -0.3 is 54.0 Å². The number of hydrogen-bond donors (Lipinski definition) is 12. The lowest BCUT2D eigenvalue weighted by atomic mass is 10.1. The number of carbonyl (C=O) groups is 7. The number of aliphatic imine (C=N–C) groups is 1. The Morgan fingerprint density at radius 2 is 1.30 bits per heavy atom. The Morgan fingerprint density at radius 3 is 1.82 bits per heavy atom. The third-order valence-corrected chi connectivity index (χ3v) is 5.55. The van der Waals surface area contributed by atoms with Crippen molar-refractivity contribution in [3.8, 4) is 0 Å². The van der Waals surface area contributed by atoms with Crippen LogP contribution in [0.15, 0.2) is 4.99 Å². The van der Waals surface area contributed by atoms with E-state index >= 15 is 0 Å². The van der Waals surface area contributed by atoms with Gasteiger partial charge >= 0.3 is 11.9 Å². The van der Waals surface area contributed by atoms with Crippen LogP contribution < -0.4 is 43.8 Å². The van der Waals surface area contributed by atoms with Gasteiger partial charge in [0.2, 0.25) is 29.5 Å². The van der Waals surface area contributed by atoms with Crippen molar-refractivity contribution in [2.75, 3.05) is 31.1 Å². The maximum absolute atomic E-state index is 12.8. The van der Waals surface area contributed by atoms with Gasteiger partial charge in [0.05, 0.1) is 19.0 Å². The van der Waals surface area contributed by atoms with Crippen LogP contribution in [0.5, 0.6) is 0 Å². The third kappa shape index (κ3) is 15.6. The van der Waals surface area contributed by atoms with Gasteiger partial charge in [-0.1, -0.05) is 0 Å². The lowest BCUT2D eigenvalue weighted by molar-refractivity contribution is -0.141. The molecule has 0 radical (unpaired) electrons. The average molecular weight is 610 g/mol. The highest BCUT2D eigenvalue weighted by molar-refractivity contribution is 7.80. The average Bonchev–Trinajstić information content (AvgIpc) is 2.88. The maximum Gasteiger partial charge on any atom is 0.322 e. The van der Waals surface area contributed by atoms with E-state index in [-0.39, 0.29) is 36.9 Å². The Bertz CT molecular complexity index is 964. The predicted octanol–water partition coefficient (Wildman–Crippen LogP) is -5.53. The fourth-order valence-electron chi connectivity index (χ4n) is 2.81. The Kier molecular flexibility index (Phi) is 17.5. The van der Waals surface area contributed by atoms with Crippen LogP contribution in [0.4, 0.5) is 0 Å². The SMILES string of the molecule is NC(N)=NCCC[C@H](NC(=O)CNC(=O)[C@@H](CC(=O)O)NC(=O)[C@@H](N)CS)C(=O)N[C@@H](CS)C(=O)NCC(=O)O. The van der Waals surface area contributed by atoms with Crippen molar-refractivity contribution in [2.45, 2.75) is 43.4 Å². The highest BCUT2D eigenvalue weighted by atomic mass is 32.1. The number of rotatable bonds is 19. The smallest absolute Gasteiger partial charge is 0.322 e. The second-order valence-electron chi connectivity index (χ2n) is 8.09. The zero-order valence-electron chi connectivity index (χ0n) is 21.3. The van der Waals surface area contributed by atoms with Crippen LogP contribution in [0, 0.1) is 0 Å². The van der Waals surface area contributed by atoms with Crippen LogP contribution in [-0.4, -0.2) is 113 Å². The van der Waals surface area contributed by atoms with E-state index in [0.29, 0.717) is 0 Å². The molecule has 0 unspecified atom stereocenters. The van der Waals surface area contributed by atoms with E-state index in [1.165, 1.54) is 0 Å². The molecule has 0 rings (SSSR count). The number of carboxylic acids is 2. The lowest BCUT2D eigenvalue weighted by Gasteiger charge is -2.22. The number of nitrogens with one attached hydrogen (secondary N) is 5. The van der Waals surface area contributed by atoms with Crippen LogP contribution in [0.1, 0.15) is 19.3 Å². The number of amides is 5. The molecule has 40 heavy (non-hydrogen) atoms. The second kappa shape index (κ2) is 19.3. The summed E-state index contributed by atoms with van der Waals surface area (Å²) >= 11 is 7.83. The summed E-state index contributed by atoms with van der Waals surface area (Å²) in [5.41, 5.74) is 16.0. The van der Waals surface area contributed by atoms with Gasteiger partial charge in [0.1, 0.15) is 24.7 Å². The van der Waals surface area contributed by atoms with Crippen LogP contribution in [0.3, 0.4) is 0 Å². The van der Waals surface area contributed by atoms with Gasteiger partial charge in [-0.15, -0.1) is 0 Å². The largest absolute Gasteiger partial charge is 0.481 e. The minimum Gasteiger partial charge on any atom is -0.481 e. The molecule has 0 aliphatic heterocycles. The quantitative estimate of drug-likeness (QED) is 0.0282. The number of aliphatic carboxylic acids is 2. The van der Waals surface area contributed by atoms with Crippen molar-refractivity contribution in [2.24, 2.45) is 22.2 Å². The van der Waals surface area contributed by atoms with Crippen molar-refractivity contribution in [1.82, 2.24) is 26.6 Å². The van der Waals surface area contributed by atoms with E-state index in [4.69, 9.17) is 27.4 Å². The Hall–Kier alpha value is -3.78. The van der Waals surface area contributed by atoms with Crippen molar-refractivity contribution < 1.29 is 43.8 Å². The van der Waals surface area contributed by atoms with E-state index in [1.807, 2.05) is 0 Å². The summed E-state index contributed by atoms with van der Waals surface area (Å²) in [4.78, 5) is 87.5. The molecular weight excluding hydrogens is 574 g/mol. The third-order valence-electron chi connectivity index (χ3n) is 4.79. The molecule has 0 aromatic rings. The van der Waals surface area contributed by atoms with Gasteiger partial charge in [0.25, 0.3) is 0 Å². The minimum absolute atomic E-state index is 0.0162. The zero-order valence-corrected chi connectivity index (χ0v) is 23.1. The minimum atomic E-state index is -1.55. The van der Waals surface area contributed by atoms with Crippen molar-refractivity contribution in [3.63, 3.8) is 0 Å². The maximum atomic E-state index is 12.8. The first-order valence-electron chi connectivity index (χ1n) is 11.6. The fourth-order valence-corrected chi connectivity index (χ4v) is 3.23. The molecule has 0 spiro atoms. The summed E-state index contributed by atoms with van der Waals surface area (Å²) < 4.78 is 0. The molecule has 13 N–H and O–H groups in total. The van der Waals surface area contributed by atoms with Crippen molar-refractivity contribution in [1.29, 1.82) is 0 Å². The summed E-state index contributed by atoms with van der Waals surface area (Å²) in [7, 11) is 0. The highest BCUT2D eigenvalue weighted by Gasteiger charge is 2.28. The number of guanidine groups is 1. The highest BCUT2D eigenvalue weighted by Crippen LogP contribution is 2.01. The normalized spacial score (nSPS) is 13.4. The molecule has 0 aliphatic carbocycles. The number of carbonyl (C=O) groups excluding carboxylic acids is 5. The molecule has 0 aromatic carbocycles. The van der Waals surface area contributed by atoms with Crippen molar-refractivity contribution >= 4 is 72.7 Å². The Morgan fingerprint density at radius 1 is 0.725 bits per heavy atom. The number of thiol groups is 2. The number of carboxylic acid groups (broad SMARTS) is 2. The van der Waals surface area contributed by atoms with E-state index in [2.05, 4.69) is 56.8 Å².